The first-order chi connectivity index (χ1) is 10.6. The highest BCUT2D eigenvalue weighted by atomic mass is 79.9. The SMILES string of the molecule is Clc1cccc(Cl)c1/C=N/C1CC(c2ccc(Br)cc2)NN1. The molecule has 0 amide bonds. The van der Waals surface area contributed by atoms with Crippen LogP contribution in [-0.2, 0) is 0 Å². The van der Waals surface area contributed by atoms with E-state index in [1.807, 2.05) is 18.2 Å². The molecule has 2 N–H and O–H groups in total. The summed E-state index contributed by atoms with van der Waals surface area (Å²) >= 11 is 15.7. The van der Waals surface area contributed by atoms with E-state index in [1.165, 1.54) is 5.56 Å². The number of nitrogens with one attached hydrogen (secondary N) is 2. The summed E-state index contributed by atoms with van der Waals surface area (Å²) in [5.41, 5.74) is 8.42. The van der Waals surface area contributed by atoms with Crippen molar-refractivity contribution in [3.05, 3.63) is 68.1 Å². The Morgan fingerprint density at radius 1 is 1.05 bits per heavy atom. The fourth-order valence-corrected chi connectivity index (χ4v) is 3.11. The topological polar surface area (TPSA) is 36.4 Å². The van der Waals surface area contributed by atoms with Crippen LogP contribution < -0.4 is 10.9 Å². The Kier molecular flexibility index (Phi) is 5.16. The summed E-state index contributed by atoms with van der Waals surface area (Å²) in [6.45, 7) is 0. The molecule has 0 spiro atoms. The van der Waals surface area contributed by atoms with Gasteiger partial charge in [-0.1, -0.05) is 57.3 Å². The highest BCUT2D eigenvalue weighted by molar-refractivity contribution is 9.10. The van der Waals surface area contributed by atoms with E-state index in [0.717, 1.165) is 16.5 Å². The van der Waals surface area contributed by atoms with Crippen molar-refractivity contribution in [2.24, 2.45) is 4.99 Å². The van der Waals surface area contributed by atoms with E-state index < -0.39 is 0 Å². The number of hydrogen-bond donors (Lipinski definition) is 2. The molecule has 3 rings (SSSR count). The molecule has 0 bridgehead atoms. The fraction of sp³-hybridized carbons (Fsp3) is 0.188. The van der Waals surface area contributed by atoms with E-state index in [0.29, 0.717) is 10.0 Å². The van der Waals surface area contributed by atoms with Crippen molar-refractivity contribution < 1.29 is 0 Å². The molecule has 2 unspecified atom stereocenters. The lowest BCUT2D eigenvalue weighted by Gasteiger charge is -2.08. The predicted octanol–water partition coefficient (Wildman–Crippen LogP) is 4.74. The largest absolute Gasteiger partial charge is 0.272 e. The minimum Gasteiger partial charge on any atom is -0.272 e. The molecule has 0 aliphatic carbocycles. The van der Waals surface area contributed by atoms with Gasteiger partial charge in [0.2, 0.25) is 0 Å². The van der Waals surface area contributed by atoms with Crippen LogP contribution in [0.15, 0.2) is 51.9 Å². The smallest absolute Gasteiger partial charge is 0.114 e. The molecule has 2 atom stereocenters. The fourth-order valence-electron chi connectivity index (χ4n) is 2.35. The summed E-state index contributed by atoms with van der Waals surface area (Å²) in [5, 5.41) is 1.21. The van der Waals surface area contributed by atoms with E-state index in [4.69, 9.17) is 23.2 Å². The molecule has 114 valence electrons. The monoisotopic (exact) mass is 397 g/mol. The third-order valence-corrected chi connectivity index (χ3v) is 4.73. The van der Waals surface area contributed by atoms with Gasteiger partial charge in [-0.3, -0.25) is 4.99 Å². The molecule has 1 heterocycles. The second kappa shape index (κ2) is 7.11. The van der Waals surface area contributed by atoms with E-state index in [9.17, 15) is 0 Å². The molecule has 1 saturated heterocycles. The summed E-state index contributed by atoms with van der Waals surface area (Å²) in [5.74, 6) is 0. The number of halogens is 3. The number of nitrogens with zero attached hydrogens (tertiary/aromatic N) is 1. The number of rotatable bonds is 3. The van der Waals surface area contributed by atoms with Gasteiger partial charge in [0.25, 0.3) is 0 Å². The van der Waals surface area contributed by atoms with Gasteiger partial charge >= 0.3 is 0 Å². The van der Waals surface area contributed by atoms with Gasteiger partial charge in [0.1, 0.15) is 6.17 Å². The van der Waals surface area contributed by atoms with Gasteiger partial charge in [-0.05, 0) is 29.8 Å². The maximum atomic E-state index is 6.14. The van der Waals surface area contributed by atoms with Crippen molar-refractivity contribution in [3.63, 3.8) is 0 Å². The number of benzene rings is 2. The lowest BCUT2D eigenvalue weighted by atomic mass is 10.0. The first-order valence-corrected chi connectivity index (χ1v) is 8.42. The number of hydrogen-bond acceptors (Lipinski definition) is 3. The van der Waals surface area contributed by atoms with Gasteiger partial charge in [0, 0.05) is 28.7 Å². The molecule has 1 aliphatic heterocycles. The second-order valence-electron chi connectivity index (χ2n) is 5.06. The standard InChI is InChI=1S/C16H14BrCl2N3/c17-11-6-4-10(5-7-11)15-8-16(22-21-15)20-9-12-13(18)2-1-3-14(12)19/h1-7,9,15-16,21-22H,8H2/b20-9+. The average molecular weight is 399 g/mol. The second-order valence-corrected chi connectivity index (χ2v) is 6.79. The molecule has 1 fully saturated rings. The molecule has 22 heavy (non-hydrogen) atoms. The zero-order valence-corrected chi connectivity index (χ0v) is 14.7. The maximum absolute atomic E-state index is 6.14. The molecule has 0 radical (unpaired) electrons. The number of hydrazine groups is 1. The Hall–Kier alpha value is -0.910. The predicted molar refractivity (Wildman–Crippen MR) is 95.6 cm³/mol. The van der Waals surface area contributed by atoms with Crippen LogP contribution in [0.1, 0.15) is 23.6 Å². The zero-order chi connectivity index (χ0) is 15.5. The quantitative estimate of drug-likeness (QED) is 0.732. The van der Waals surface area contributed by atoms with Crippen molar-refractivity contribution in [1.82, 2.24) is 10.9 Å². The van der Waals surface area contributed by atoms with Crippen LogP contribution in [0.2, 0.25) is 10.0 Å². The van der Waals surface area contributed by atoms with E-state index in [2.05, 4.69) is 43.9 Å². The molecular formula is C16H14BrCl2N3. The Balaban J connectivity index is 1.68. The van der Waals surface area contributed by atoms with E-state index in [1.54, 1.807) is 18.3 Å². The van der Waals surface area contributed by atoms with Crippen molar-refractivity contribution in [2.45, 2.75) is 18.6 Å². The van der Waals surface area contributed by atoms with Gasteiger partial charge in [-0.25, -0.2) is 10.9 Å². The zero-order valence-electron chi connectivity index (χ0n) is 11.6. The van der Waals surface area contributed by atoms with Crippen LogP contribution in [0.3, 0.4) is 0 Å². The first-order valence-electron chi connectivity index (χ1n) is 6.87. The summed E-state index contributed by atoms with van der Waals surface area (Å²) in [4.78, 5) is 4.53. The summed E-state index contributed by atoms with van der Waals surface area (Å²) in [6.07, 6.45) is 2.58. The molecule has 2 aromatic carbocycles. The lowest BCUT2D eigenvalue weighted by molar-refractivity contribution is 0.553. The highest BCUT2D eigenvalue weighted by Crippen LogP contribution is 2.25. The Morgan fingerprint density at radius 3 is 2.41 bits per heavy atom. The van der Waals surface area contributed by atoms with Crippen LogP contribution in [0.4, 0.5) is 0 Å². The lowest BCUT2D eigenvalue weighted by Crippen LogP contribution is -2.29. The minimum atomic E-state index is -0.0130. The molecular weight excluding hydrogens is 385 g/mol. The number of aliphatic imine (C=N–C) groups is 1. The molecule has 1 aliphatic rings. The van der Waals surface area contributed by atoms with Gasteiger partial charge in [-0.15, -0.1) is 0 Å². The van der Waals surface area contributed by atoms with Crippen LogP contribution in [0.25, 0.3) is 0 Å². The molecule has 0 aromatic heterocycles. The van der Waals surface area contributed by atoms with Gasteiger partial charge in [0.15, 0.2) is 0 Å². The Labute approximate surface area is 147 Å². The highest BCUT2D eigenvalue weighted by Gasteiger charge is 2.24. The summed E-state index contributed by atoms with van der Waals surface area (Å²) in [6, 6.07) is 13.9. The van der Waals surface area contributed by atoms with Gasteiger partial charge < -0.3 is 0 Å². The third kappa shape index (κ3) is 3.70. The van der Waals surface area contributed by atoms with Crippen molar-refractivity contribution >= 4 is 45.3 Å². The van der Waals surface area contributed by atoms with Crippen molar-refractivity contribution in [3.8, 4) is 0 Å². The van der Waals surface area contributed by atoms with Gasteiger partial charge in [-0.2, -0.15) is 0 Å². The van der Waals surface area contributed by atoms with Crippen molar-refractivity contribution in [2.75, 3.05) is 0 Å². The molecule has 3 nitrogen and oxygen atoms in total. The van der Waals surface area contributed by atoms with Crippen LogP contribution >= 0.6 is 39.1 Å². The molecule has 2 aromatic rings. The van der Waals surface area contributed by atoms with Crippen LogP contribution in [-0.4, -0.2) is 12.4 Å². The first kappa shape index (κ1) is 16.0. The Bertz CT molecular complexity index is 668. The summed E-state index contributed by atoms with van der Waals surface area (Å²) < 4.78 is 1.07. The van der Waals surface area contributed by atoms with Crippen LogP contribution in [0, 0.1) is 0 Å². The van der Waals surface area contributed by atoms with Crippen molar-refractivity contribution in [1.29, 1.82) is 0 Å². The average Bonchev–Trinajstić information content (AvgIpc) is 2.96. The Morgan fingerprint density at radius 2 is 1.73 bits per heavy atom. The van der Waals surface area contributed by atoms with Gasteiger partial charge in [0.05, 0.1) is 10.0 Å². The molecule has 6 heteroatoms. The summed E-state index contributed by atoms with van der Waals surface area (Å²) in [7, 11) is 0. The third-order valence-electron chi connectivity index (χ3n) is 3.54. The minimum absolute atomic E-state index is 0.0130. The molecule has 0 saturated carbocycles. The van der Waals surface area contributed by atoms with E-state index >= 15 is 0 Å². The maximum Gasteiger partial charge on any atom is 0.114 e. The van der Waals surface area contributed by atoms with E-state index in [-0.39, 0.29) is 12.2 Å². The van der Waals surface area contributed by atoms with Crippen LogP contribution in [0.5, 0.6) is 0 Å². The normalized spacial score (nSPS) is 21.6.